The normalized spacial score (nSPS) is 26.1. The molecule has 5 amide bonds. The Morgan fingerprint density at radius 1 is 0.855 bits per heavy atom. The first-order chi connectivity index (χ1) is 29.2. The first kappa shape index (κ1) is 55.2. The quantitative estimate of drug-likeness (QED) is 0.175. The van der Waals surface area contributed by atoms with E-state index in [0.717, 1.165) is 12.0 Å². The van der Waals surface area contributed by atoms with Crippen LogP contribution in [0, 0.1) is 29.6 Å². The summed E-state index contributed by atoms with van der Waals surface area (Å²) in [6, 6.07) is 5.06. The van der Waals surface area contributed by atoms with Crippen molar-refractivity contribution in [3.63, 3.8) is 0 Å². The highest BCUT2D eigenvalue weighted by Crippen LogP contribution is 2.34. The number of Topliss-reactive ketones (excluding diaryl/α,β-unsaturated/α-hetero) is 1. The summed E-state index contributed by atoms with van der Waals surface area (Å²) < 4.78 is 5.82. The number of hydrogen-bond donors (Lipinski definition) is 3. The summed E-state index contributed by atoms with van der Waals surface area (Å²) in [5.41, 5.74) is 2.23. The van der Waals surface area contributed by atoms with Crippen LogP contribution in [0.15, 0.2) is 53.6 Å². The van der Waals surface area contributed by atoms with Crippen LogP contribution in [0.1, 0.15) is 128 Å². The Morgan fingerprint density at radius 3 is 2.00 bits per heavy atom. The minimum absolute atomic E-state index is 0.0208. The van der Waals surface area contributed by atoms with Gasteiger partial charge in [0.1, 0.15) is 18.1 Å². The van der Waals surface area contributed by atoms with Crippen molar-refractivity contribution in [3.8, 4) is 0 Å². The molecule has 0 saturated heterocycles. The van der Waals surface area contributed by atoms with Gasteiger partial charge in [-0.1, -0.05) is 110 Å². The molecule has 1 heterocycles. The first-order valence-electron chi connectivity index (χ1n) is 22.7. The Balaban J connectivity index is 0.00000946. The minimum atomic E-state index is -1.21. The standard InChI is InChI=1S/C47H73N5O8.C2H6/c1-14-29(6)37(16-3)32(9)36-23-22-31(8)47(59)60-40(24-28(4)5)43(55)49-34(11)45(57)52(13)38(25-35-20-18-17-19-21-35)46(58)51(12)27-41(54)50-42(30(7)15-2)44(56)48-33(10)39(53)26-36;1-2/h14,17-22,28,30,32-34,36-38,40,42H,15-16,23-27H2,1-13H3,(H,48,56)(H,49,55)(H,50,54);1-2H3/b29-14+,31-22+;. The largest absolute Gasteiger partial charge is 0.449 e. The number of esters is 1. The second-order valence-corrected chi connectivity index (χ2v) is 17.2. The lowest BCUT2D eigenvalue weighted by molar-refractivity contribution is -0.154. The van der Waals surface area contributed by atoms with Crippen LogP contribution >= 0.6 is 0 Å². The average molecular weight is 866 g/mol. The molecule has 348 valence electrons. The molecule has 0 aliphatic carbocycles. The van der Waals surface area contributed by atoms with Crippen LogP contribution < -0.4 is 16.0 Å². The number of likely N-dealkylation sites (N-methyl/N-ethyl adjacent to an activating group) is 2. The minimum Gasteiger partial charge on any atom is -0.449 e. The van der Waals surface area contributed by atoms with Gasteiger partial charge in [0, 0.05) is 32.5 Å². The Labute approximate surface area is 372 Å². The summed E-state index contributed by atoms with van der Waals surface area (Å²) in [5, 5.41) is 8.36. The molecule has 9 unspecified atom stereocenters. The lowest BCUT2D eigenvalue weighted by atomic mass is 9.74. The predicted octanol–water partition coefficient (Wildman–Crippen LogP) is 6.59. The molecule has 62 heavy (non-hydrogen) atoms. The van der Waals surface area contributed by atoms with Gasteiger partial charge in [0.05, 0.1) is 12.6 Å². The molecule has 0 saturated carbocycles. The third kappa shape index (κ3) is 16.8. The van der Waals surface area contributed by atoms with E-state index in [1.54, 1.807) is 19.9 Å². The maximum Gasteiger partial charge on any atom is 0.334 e. The van der Waals surface area contributed by atoms with Crippen molar-refractivity contribution in [2.24, 2.45) is 29.6 Å². The smallest absolute Gasteiger partial charge is 0.334 e. The molecule has 0 radical (unpaired) electrons. The molecule has 13 heteroatoms. The number of cyclic esters (lactones) is 1. The summed E-state index contributed by atoms with van der Waals surface area (Å²) in [5.74, 6) is -4.11. The number of nitrogens with zero attached hydrogens (tertiary/aromatic N) is 2. The van der Waals surface area contributed by atoms with Crippen molar-refractivity contribution in [1.82, 2.24) is 25.8 Å². The summed E-state index contributed by atoms with van der Waals surface area (Å²) in [6.45, 7) is 24.1. The van der Waals surface area contributed by atoms with E-state index >= 15 is 0 Å². The maximum absolute atomic E-state index is 14.2. The van der Waals surface area contributed by atoms with Crippen LogP contribution in [0.3, 0.4) is 0 Å². The molecule has 13 nitrogen and oxygen atoms in total. The molecule has 9 atom stereocenters. The zero-order valence-corrected chi connectivity index (χ0v) is 40.4. The van der Waals surface area contributed by atoms with Crippen LogP contribution in [0.2, 0.25) is 0 Å². The molecular formula is C49H79N5O8. The lowest BCUT2D eigenvalue weighted by Gasteiger charge is -2.33. The maximum atomic E-state index is 14.2. The Morgan fingerprint density at radius 2 is 1.45 bits per heavy atom. The Hall–Kier alpha value is -4.81. The van der Waals surface area contributed by atoms with E-state index in [0.29, 0.717) is 12.8 Å². The number of allylic oxidation sites excluding steroid dienone is 3. The van der Waals surface area contributed by atoms with Crippen molar-refractivity contribution in [1.29, 1.82) is 0 Å². The number of amides is 5. The molecule has 1 aliphatic rings. The number of carbonyl (C=O) groups excluding carboxylic acids is 7. The van der Waals surface area contributed by atoms with E-state index in [2.05, 4.69) is 42.8 Å². The molecule has 1 aromatic rings. The topological polar surface area (TPSA) is 171 Å². The van der Waals surface area contributed by atoms with E-state index in [1.165, 1.54) is 36.4 Å². The Kier molecular flexibility index (Phi) is 24.3. The van der Waals surface area contributed by atoms with Crippen LogP contribution in [-0.4, -0.2) is 102 Å². The van der Waals surface area contributed by atoms with Gasteiger partial charge in [0.25, 0.3) is 5.91 Å². The summed E-state index contributed by atoms with van der Waals surface area (Å²) in [7, 11) is 2.92. The highest BCUT2D eigenvalue weighted by atomic mass is 16.5. The molecule has 0 fully saturated rings. The predicted molar refractivity (Wildman–Crippen MR) is 245 cm³/mol. The van der Waals surface area contributed by atoms with Gasteiger partial charge >= 0.3 is 5.97 Å². The van der Waals surface area contributed by atoms with E-state index in [4.69, 9.17) is 4.74 Å². The molecular weight excluding hydrogens is 787 g/mol. The number of rotatable bonds is 10. The van der Waals surface area contributed by atoms with Crippen LogP contribution in [0.4, 0.5) is 0 Å². The highest BCUT2D eigenvalue weighted by Gasteiger charge is 2.36. The molecule has 0 bridgehead atoms. The monoisotopic (exact) mass is 866 g/mol. The van der Waals surface area contributed by atoms with Crippen molar-refractivity contribution in [3.05, 3.63) is 59.2 Å². The van der Waals surface area contributed by atoms with E-state index in [1.807, 2.05) is 78.8 Å². The third-order valence-corrected chi connectivity index (χ3v) is 12.1. The van der Waals surface area contributed by atoms with Crippen LogP contribution in [0.5, 0.6) is 0 Å². The SMILES string of the molecule is C/C=C(\C)C(CC)C(C)C1C/C=C(\C)C(=O)OC(CC(C)C)C(=O)NC(C)C(=O)N(C)C(Cc2ccccc2)C(=O)N(C)CC(=O)NC(C(C)CC)C(=O)NC(C)C(=O)C1.CC. The fourth-order valence-corrected chi connectivity index (χ4v) is 7.75. The second-order valence-electron chi connectivity index (χ2n) is 17.2. The molecule has 3 N–H and O–H groups in total. The number of benzene rings is 1. The number of nitrogens with one attached hydrogen (secondary N) is 3. The Bertz CT molecular complexity index is 1710. The summed E-state index contributed by atoms with van der Waals surface area (Å²) >= 11 is 0. The van der Waals surface area contributed by atoms with E-state index in [9.17, 15) is 33.6 Å². The van der Waals surface area contributed by atoms with Gasteiger partial charge in [-0.05, 0) is 89.0 Å². The van der Waals surface area contributed by atoms with Gasteiger partial charge in [-0.2, -0.15) is 0 Å². The average Bonchev–Trinajstić information content (AvgIpc) is 3.24. The molecule has 2 rings (SSSR count). The summed E-state index contributed by atoms with van der Waals surface area (Å²) in [4.78, 5) is 99.3. The van der Waals surface area contributed by atoms with Gasteiger partial charge in [-0.3, -0.25) is 28.8 Å². The van der Waals surface area contributed by atoms with Crippen molar-refractivity contribution in [2.75, 3.05) is 20.6 Å². The van der Waals surface area contributed by atoms with Crippen LogP contribution in [-0.2, 0) is 44.7 Å². The van der Waals surface area contributed by atoms with Gasteiger partial charge in [-0.15, -0.1) is 0 Å². The molecule has 0 aromatic heterocycles. The van der Waals surface area contributed by atoms with Gasteiger partial charge in [0.15, 0.2) is 11.9 Å². The van der Waals surface area contributed by atoms with Crippen molar-refractivity contribution >= 4 is 41.3 Å². The first-order valence-corrected chi connectivity index (χ1v) is 22.7. The summed E-state index contributed by atoms with van der Waals surface area (Å²) in [6.07, 6.45) is 4.79. The van der Waals surface area contributed by atoms with Crippen molar-refractivity contribution < 1.29 is 38.3 Å². The number of carbonyl (C=O) groups is 7. The van der Waals surface area contributed by atoms with E-state index < -0.39 is 72.3 Å². The van der Waals surface area contributed by atoms with Gasteiger partial charge < -0.3 is 30.5 Å². The fraction of sp³-hybridized carbons (Fsp3) is 0.653. The number of hydrogen-bond acceptors (Lipinski definition) is 8. The highest BCUT2D eigenvalue weighted by molar-refractivity contribution is 5.96. The number of ketones is 1. The van der Waals surface area contributed by atoms with Crippen molar-refractivity contribution in [2.45, 2.75) is 159 Å². The molecule has 1 aliphatic heterocycles. The van der Waals surface area contributed by atoms with Gasteiger partial charge in [0.2, 0.25) is 23.6 Å². The number of ether oxygens (including phenoxy) is 1. The van der Waals surface area contributed by atoms with Crippen LogP contribution in [0.25, 0.3) is 0 Å². The zero-order chi connectivity index (χ0) is 47.4. The fourth-order valence-electron chi connectivity index (χ4n) is 7.75. The lowest BCUT2D eigenvalue weighted by Crippen LogP contribution is -2.57. The zero-order valence-electron chi connectivity index (χ0n) is 40.4. The second kappa shape index (κ2) is 27.3. The van der Waals surface area contributed by atoms with Gasteiger partial charge in [-0.25, -0.2) is 4.79 Å². The molecule has 0 spiro atoms. The van der Waals surface area contributed by atoms with E-state index in [-0.39, 0.29) is 60.2 Å². The molecule has 1 aromatic carbocycles. The third-order valence-electron chi connectivity index (χ3n) is 12.1.